The molecule has 1 aromatic heterocycles. The lowest BCUT2D eigenvalue weighted by atomic mass is 10.3. The van der Waals surface area contributed by atoms with Gasteiger partial charge in [-0.05, 0) is 11.6 Å². The molecule has 1 rings (SSSR count). The first-order valence-electron chi connectivity index (χ1n) is 2.88. The Hall–Kier alpha value is -0.900. The molecule has 0 aliphatic carbocycles. The van der Waals surface area contributed by atoms with Crippen molar-refractivity contribution >= 4 is 22.4 Å². The zero-order valence-corrected chi connectivity index (χ0v) is 7.36. The van der Waals surface area contributed by atoms with Crippen molar-refractivity contribution in [3.05, 3.63) is 30.1 Å². The summed E-state index contributed by atoms with van der Waals surface area (Å²) < 4.78 is 0. The molecule has 0 radical (unpaired) electrons. The number of hydrogen-bond acceptors (Lipinski definition) is 2. The summed E-state index contributed by atoms with van der Waals surface area (Å²) in [6.45, 7) is -0.250. The number of rotatable bonds is 1. The monoisotopic (exact) mass is 217 g/mol. The van der Waals surface area contributed by atoms with Crippen molar-refractivity contribution in [3.63, 3.8) is 0 Å². The van der Waals surface area contributed by atoms with Gasteiger partial charge in [-0.25, -0.2) is 0 Å². The standard InChI is InChI=1S/C6H6BrN.CH2O2/c7-4-6-2-1-3-8-5-6;2-1-3/h1-3,5H,4H2;1H,(H,2,3). The van der Waals surface area contributed by atoms with Gasteiger partial charge in [0.25, 0.3) is 6.47 Å². The Balaban J connectivity index is 0.000000292. The van der Waals surface area contributed by atoms with E-state index in [9.17, 15) is 0 Å². The van der Waals surface area contributed by atoms with E-state index in [1.807, 2.05) is 18.3 Å². The number of carboxylic acid groups (broad SMARTS) is 1. The third-order valence-corrected chi connectivity index (χ3v) is 1.52. The summed E-state index contributed by atoms with van der Waals surface area (Å²) in [6.07, 6.45) is 3.61. The van der Waals surface area contributed by atoms with Crippen LogP contribution in [0.1, 0.15) is 5.56 Å². The van der Waals surface area contributed by atoms with Crippen LogP contribution >= 0.6 is 15.9 Å². The van der Waals surface area contributed by atoms with Gasteiger partial charge in [-0.2, -0.15) is 0 Å². The van der Waals surface area contributed by atoms with Crippen LogP contribution in [0.4, 0.5) is 0 Å². The molecular weight excluding hydrogens is 210 g/mol. The zero-order chi connectivity index (χ0) is 8.53. The Bertz CT molecular complexity index is 191. The summed E-state index contributed by atoms with van der Waals surface area (Å²) in [5.41, 5.74) is 1.22. The molecule has 0 atom stereocenters. The number of halogens is 1. The van der Waals surface area contributed by atoms with Crippen molar-refractivity contribution in [3.8, 4) is 0 Å². The molecule has 4 heteroatoms. The largest absolute Gasteiger partial charge is 0.483 e. The van der Waals surface area contributed by atoms with Crippen molar-refractivity contribution in [2.45, 2.75) is 5.33 Å². The molecule has 0 bridgehead atoms. The zero-order valence-electron chi connectivity index (χ0n) is 5.77. The second-order valence-electron chi connectivity index (χ2n) is 1.60. The van der Waals surface area contributed by atoms with Gasteiger partial charge in [-0.1, -0.05) is 22.0 Å². The molecule has 0 aliphatic rings. The summed E-state index contributed by atoms with van der Waals surface area (Å²) in [6, 6.07) is 3.96. The van der Waals surface area contributed by atoms with Crippen molar-refractivity contribution in [1.29, 1.82) is 0 Å². The molecule has 0 amide bonds. The highest BCUT2D eigenvalue weighted by Gasteiger charge is 1.82. The lowest BCUT2D eigenvalue weighted by molar-refractivity contribution is -0.122. The minimum atomic E-state index is -0.250. The Morgan fingerprint density at radius 3 is 2.64 bits per heavy atom. The van der Waals surface area contributed by atoms with Crippen LogP contribution in [-0.2, 0) is 10.1 Å². The van der Waals surface area contributed by atoms with E-state index in [1.54, 1.807) is 6.20 Å². The van der Waals surface area contributed by atoms with E-state index in [4.69, 9.17) is 9.90 Å². The fourth-order valence-corrected chi connectivity index (χ4v) is 0.809. The molecule has 0 saturated carbocycles. The average Bonchev–Trinajstić information content (AvgIpc) is 2.08. The number of carbonyl (C=O) groups is 1. The molecule has 1 N–H and O–H groups in total. The summed E-state index contributed by atoms with van der Waals surface area (Å²) in [7, 11) is 0. The van der Waals surface area contributed by atoms with E-state index in [-0.39, 0.29) is 6.47 Å². The first-order chi connectivity index (χ1) is 5.35. The van der Waals surface area contributed by atoms with E-state index < -0.39 is 0 Å². The Morgan fingerprint density at radius 2 is 2.36 bits per heavy atom. The number of aromatic nitrogens is 1. The fourth-order valence-electron chi connectivity index (χ4n) is 0.477. The third-order valence-electron chi connectivity index (χ3n) is 0.877. The molecule has 60 valence electrons. The molecule has 0 unspecified atom stereocenters. The van der Waals surface area contributed by atoms with Crippen LogP contribution in [0.3, 0.4) is 0 Å². The first kappa shape index (κ1) is 10.1. The molecule has 3 nitrogen and oxygen atoms in total. The van der Waals surface area contributed by atoms with Crippen LogP contribution < -0.4 is 0 Å². The minimum Gasteiger partial charge on any atom is -0.483 e. The maximum atomic E-state index is 8.36. The molecule has 11 heavy (non-hydrogen) atoms. The van der Waals surface area contributed by atoms with Crippen LogP contribution in [0.25, 0.3) is 0 Å². The van der Waals surface area contributed by atoms with E-state index in [0.717, 1.165) is 5.33 Å². The Morgan fingerprint density at radius 1 is 1.73 bits per heavy atom. The predicted octanol–water partition coefficient (Wildman–Crippen LogP) is 1.68. The van der Waals surface area contributed by atoms with E-state index in [1.165, 1.54) is 5.56 Å². The van der Waals surface area contributed by atoms with E-state index in [0.29, 0.717) is 0 Å². The van der Waals surface area contributed by atoms with Crippen molar-refractivity contribution < 1.29 is 9.90 Å². The molecule has 0 fully saturated rings. The van der Waals surface area contributed by atoms with Crippen LogP contribution in [0.2, 0.25) is 0 Å². The molecule has 0 aliphatic heterocycles. The third kappa shape index (κ3) is 5.54. The van der Waals surface area contributed by atoms with Crippen LogP contribution in [-0.4, -0.2) is 16.6 Å². The van der Waals surface area contributed by atoms with Crippen LogP contribution in [0.5, 0.6) is 0 Å². The number of alkyl halides is 1. The molecule has 1 heterocycles. The Kier molecular flexibility index (Phi) is 6.62. The van der Waals surface area contributed by atoms with Gasteiger partial charge in [0.15, 0.2) is 0 Å². The molecule has 1 aromatic rings. The van der Waals surface area contributed by atoms with E-state index >= 15 is 0 Å². The van der Waals surface area contributed by atoms with Crippen molar-refractivity contribution in [2.75, 3.05) is 0 Å². The summed E-state index contributed by atoms with van der Waals surface area (Å²) in [5, 5.41) is 7.78. The summed E-state index contributed by atoms with van der Waals surface area (Å²) >= 11 is 3.32. The first-order valence-corrected chi connectivity index (χ1v) is 4.00. The van der Waals surface area contributed by atoms with Gasteiger partial charge in [0.1, 0.15) is 0 Å². The number of hydrogen-bond donors (Lipinski definition) is 1. The molecule has 0 aromatic carbocycles. The van der Waals surface area contributed by atoms with Crippen molar-refractivity contribution in [1.82, 2.24) is 4.98 Å². The predicted molar refractivity (Wildman–Crippen MR) is 45.6 cm³/mol. The fraction of sp³-hybridized carbons (Fsp3) is 0.143. The number of nitrogens with zero attached hydrogens (tertiary/aromatic N) is 1. The maximum Gasteiger partial charge on any atom is 0.290 e. The topological polar surface area (TPSA) is 50.2 Å². The Labute approximate surface area is 73.2 Å². The second kappa shape index (κ2) is 7.21. The van der Waals surface area contributed by atoms with Gasteiger partial charge in [-0.15, -0.1) is 0 Å². The van der Waals surface area contributed by atoms with Gasteiger partial charge in [-0.3, -0.25) is 9.78 Å². The van der Waals surface area contributed by atoms with Crippen LogP contribution in [0.15, 0.2) is 24.5 Å². The van der Waals surface area contributed by atoms with Gasteiger partial charge >= 0.3 is 0 Å². The smallest absolute Gasteiger partial charge is 0.290 e. The highest BCUT2D eigenvalue weighted by Crippen LogP contribution is 2.00. The minimum absolute atomic E-state index is 0.250. The van der Waals surface area contributed by atoms with E-state index in [2.05, 4.69) is 20.9 Å². The quantitative estimate of drug-likeness (QED) is 0.576. The normalized spacial score (nSPS) is 7.73. The van der Waals surface area contributed by atoms with Gasteiger partial charge in [0.05, 0.1) is 0 Å². The summed E-state index contributed by atoms with van der Waals surface area (Å²) in [5.74, 6) is 0. The lowest BCUT2D eigenvalue weighted by Gasteiger charge is -1.87. The van der Waals surface area contributed by atoms with Gasteiger partial charge in [0, 0.05) is 17.7 Å². The second-order valence-corrected chi connectivity index (χ2v) is 2.16. The van der Waals surface area contributed by atoms with Crippen molar-refractivity contribution in [2.24, 2.45) is 0 Å². The SMILES string of the molecule is BrCc1cccnc1.O=CO. The molecular formula is C7H8BrNO2. The average molecular weight is 218 g/mol. The van der Waals surface area contributed by atoms with Gasteiger partial charge in [0.2, 0.25) is 0 Å². The van der Waals surface area contributed by atoms with Crippen LogP contribution in [0, 0.1) is 0 Å². The lowest BCUT2D eigenvalue weighted by Crippen LogP contribution is -1.75. The molecule has 0 saturated heterocycles. The summed E-state index contributed by atoms with van der Waals surface area (Å²) in [4.78, 5) is 12.3. The molecule has 0 spiro atoms. The van der Waals surface area contributed by atoms with Gasteiger partial charge < -0.3 is 5.11 Å². The maximum absolute atomic E-state index is 8.36. The highest BCUT2D eigenvalue weighted by atomic mass is 79.9. The highest BCUT2D eigenvalue weighted by molar-refractivity contribution is 9.08. The number of pyridine rings is 1.